The van der Waals surface area contributed by atoms with Crippen molar-refractivity contribution in [1.29, 1.82) is 0 Å². The van der Waals surface area contributed by atoms with Crippen molar-refractivity contribution in [2.24, 2.45) is 4.99 Å². The second-order valence-corrected chi connectivity index (χ2v) is 6.74. The molecule has 0 saturated carbocycles. The molecule has 0 aliphatic heterocycles. The van der Waals surface area contributed by atoms with E-state index >= 15 is 0 Å². The van der Waals surface area contributed by atoms with Gasteiger partial charge >= 0.3 is 0 Å². The molecule has 8 heteroatoms. The molecule has 0 unspecified atom stereocenters. The molecule has 4 rings (SSSR count). The van der Waals surface area contributed by atoms with Crippen LogP contribution in [0.3, 0.4) is 0 Å². The highest BCUT2D eigenvalue weighted by atomic mass is 19.1. The van der Waals surface area contributed by atoms with Crippen LogP contribution < -0.4 is 10.6 Å². The maximum absolute atomic E-state index is 13.3. The summed E-state index contributed by atoms with van der Waals surface area (Å²) in [6, 6.07) is 10.7. The van der Waals surface area contributed by atoms with E-state index in [2.05, 4.69) is 30.8 Å². The highest BCUT2D eigenvalue weighted by Gasteiger charge is 2.06. The van der Waals surface area contributed by atoms with Crippen LogP contribution in [0, 0.1) is 5.82 Å². The van der Waals surface area contributed by atoms with Gasteiger partial charge in [0, 0.05) is 49.4 Å². The van der Waals surface area contributed by atoms with Gasteiger partial charge in [-0.05, 0) is 49.2 Å². The topological polar surface area (TPSA) is 82.4 Å². The predicted octanol–water partition coefficient (Wildman–Crippen LogP) is 2.69. The van der Waals surface area contributed by atoms with Gasteiger partial charge in [0.25, 0.3) is 0 Å². The summed E-state index contributed by atoms with van der Waals surface area (Å²) in [6.45, 7) is 4.16. The van der Waals surface area contributed by atoms with Crippen LogP contribution in [0.4, 0.5) is 4.39 Å². The predicted molar refractivity (Wildman–Crippen MR) is 113 cm³/mol. The van der Waals surface area contributed by atoms with Crippen molar-refractivity contribution in [2.75, 3.05) is 19.6 Å². The largest absolute Gasteiger partial charge is 0.361 e. The van der Waals surface area contributed by atoms with Gasteiger partial charge in [-0.1, -0.05) is 6.07 Å². The molecule has 1 aromatic carbocycles. The summed E-state index contributed by atoms with van der Waals surface area (Å²) >= 11 is 0. The van der Waals surface area contributed by atoms with Crippen molar-refractivity contribution in [1.82, 2.24) is 30.2 Å². The van der Waals surface area contributed by atoms with E-state index in [0.717, 1.165) is 53.4 Å². The molecule has 0 amide bonds. The molecule has 3 N–H and O–H groups in total. The first kappa shape index (κ1) is 18.9. The van der Waals surface area contributed by atoms with Crippen molar-refractivity contribution < 1.29 is 4.39 Å². The van der Waals surface area contributed by atoms with E-state index in [9.17, 15) is 4.39 Å². The molecule has 0 aliphatic carbocycles. The van der Waals surface area contributed by atoms with Gasteiger partial charge in [-0.25, -0.2) is 4.39 Å². The number of pyridine rings is 1. The van der Waals surface area contributed by atoms with E-state index in [1.165, 1.54) is 12.1 Å². The van der Waals surface area contributed by atoms with Crippen LogP contribution in [0.5, 0.6) is 0 Å². The van der Waals surface area contributed by atoms with Crippen LogP contribution in [0.15, 0.2) is 53.8 Å². The van der Waals surface area contributed by atoms with E-state index in [1.54, 1.807) is 0 Å². The van der Waals surface area contributed by atoms with Crippen LogP contribution in [0.25, 0.3) is 16.6 Å². The minimum atomic E-state index is -0.231. The van der Waals surface area contributed by atoms with E-state index in [0.29, 0.717) is 13.0 Å². The lowest BCUT2D eigenvalue weighted by Gasteiger charge is -2.11. The Bertz CT molecular complexity index is 1130. The Morgan fingerprint density at radius 3 is 3.00 bits per heavy atom. The summed E-state index contributed by atoms with van der Waals surface area (Å²) in [5.74, 6) is 1.43. The Kier molecular flexibility index (Phi) is 5.69. The Labute approximate surface area is 168 Å². The third-order valence-corrected chi connectivity index (χ3v) is 4.75. The lowest BCUT2D eigenvalue weighted by molar-refractivity contribution is 0.629. The number of benzene rings is 1. The maximum atomic E-state index is 13.3. The van der Waals surface area contributed by atoms with E-state index in [4.69, 9.17) is 0 Å². The second-order valence-electron chi connectivity index (χ2n) is 6.74. The number of aromatic amines is 1. The van der Waals surface area contributed by atoms with Crippen molar-refractivity contribution in [3.8, 4) is 0 Å². The smallest absolute Gasteiger partial charge is 0.191 e. The molecule has 29 heavy (non-hydrogen) atoms. The van der Waals surface area contributed by atoms with Gasteiger partial charge in [-0.15, -0.1) is 10.2 Å². The number of halogens is 1. The molecule has 0 saturated heterocycles. The standard InChI is InChI=1S/C21H24FN7/c1-2-23-21(25-11-9-20-28-27-19-5-3-4-12-29(19)20)24-10-8-15-14-26-18-13-16(22)6-7-17(15)18/h3-7,12-14,26H,2,8-11H2,1H3,(H2,23,24,25). The Balaban J connectivity index is 1.34. The molecule has 150 valence electrons. The second kappa shape index (κ2) is 8.72. The highest BCUT2D eigenvalue weighted by Crippen LogP contribution is 2.19. The van der Waals surface area contributed by atoms with Crippen LogP contribution in [0.2, 0.25) is 0 Å². The maximum Gasteiger partial charge on any atom is 0.191 e. The summed E-state index contributed by atoms with van der Waals surface area (Å²) in [6.07, 6.45) is 5.41. The number of nitrogens with one attached hydrogen (secondary N) is 3. The third-order valence-electron chi connectivity index (χ3n) is 4.75. The number of hydrogen-bond acceptors (Lipinski definition) is 3. The lowest BCUT2D eigenvalue weighted by Crippen LogP contribution is -2.38. The van der Waals surface area contributed by atoms with Gasteiger partial charge in [-0.2, -0.15) is 0 Å². The molecule has 0 atom stereocenters. The molecule has 0 aliphatic rings. The summed E-state index contributed by atoms with van der Waals surface area (Å²) in [7, 11) is 0. The average molecular weight is 393 g/mol. The van der Waals surface area contributed by atoms with Crippen molar-refractivity contribution in [3.63, 3.8) is 0 Å². The number of fused-ring (bicyclic) bond motifs is 2. The minimum absolute atomic E-state index is 0.231. The van der Waals surface area contributed by atoms with Crippen LogP contribution >= 0.6 is 0 Å². The van der Waals surface area contributed by atoms with Gasteiger partial charge in [0.05, 0.1) is 0 Å². The summed E-state index contributed by atoms with van der Waals surface area (Å²) in [4.78, 5) is 7.77. The molecule has 3 heterocycles. The molecule has 4 aromatic rings. The zero-order valence-corrected chi connectivity index (χ0v) is 16.3. The highest BCUT2D eigenvalue weighted by molar-refractivity contribution is 5.83. The van der Waals surface area contributed by atoms with E-state index in [-0.39, 0.29) is 5.82 Å². The average Bonchev–Trinajstić information content (AvgIpc) is 3.32. The monoisotopic (exact) mass is 393 g/mol. The molecule has 0 bridgehead atoms. The molecule has 0 spiro atoms. The molecule has 7 nitrogen and oxygen atoms in total. The van der Waals surface area contributed by atoms with Crippen molar-refractivity contribution in [2.45, 2.75) is 19.8 Å². The van der Waals surface area contributed by atoms with Crippen molar-refractivity contribution in [3.05, 3.63) is 66.0 Å². The minimum Gasteiger partial charge on any atom is -0.361 e. The van der Waals surface area contributed by atoms with Gasteiger partial charge in [0.15, 0.2) is 11.6 Å². The van der Waals surface area contributed by atoms with E-state index in [1.807, 2.05) is 48.0 Å². The Hall–Kier alpha value is -3.42. The lowest BCUT2D eigenvalue weighted by atomic mass is 10.1. The first-order valence-electron chi connectivity index (χ1n) is 9.81. The Morgan fingerprint density at radius 1 is 1.17 bits per heavy atom. The fraction of sp³-hybridized carbons (Fsp3) is 0.286. The molecular formula is C21H24FN7. The number of hydrogen-bond donors (Lipinski definition) is 3. The molecule has 0 fully saturated rings. The van der Waals surface area contributed by atoms with Gasteiger partial charge in [0.2, 0.25) is 0 Å². The summed E-state index contributed by atoms with van der Waals surface area (Å²) in [5.41, 5.74) is 2.81. The fourth-order valence-electron chi connectivity index (χ4n) is 3.35. The van der Waals surface area contributed by atoms with E-state index < -0.39 is 0 Å². The van der Waals surface area contributed by atoms with Gasteiger partial charge < -0.3 is 15.6 Å². The SMILES string of the molecule is CCNC(=NCCc1nnc2ccccn12)NCCc1c[nH]c2cc(F)ccc12. The van der Waals surface area contributed by atoms with Crippen molar-refractivity contribution >= 4 is 22.5 Å². The molecule has 0 radical (unpaired) electrons. The van der Waals surface area contributed by atoms with Gasteiger partial charge in [-0.3, -0.25) is 9.39 Å². The number of aliphatic imine (C=N–C) groups is 1. The first-order chi connectivity index (χ1) is 14.2. The summed E-state index contributed by atoms with van der Waals surface area (Å²) < 4.78 is 15.3. The summed E-state index contributed by atoms with van der Waals surface area (Å²) in [5, 5.41) is 16.1. The van der Waals surface area contributed by atoms with Crippen LogP contribution in [0.1, 0.15) is 18.3 Å². The molecular weight excluding hydrogens is 369 g/mol. The fourth-order valence-corrected chi connectivity index (χ4v) is 3.35. The number of aromatic nitrogens is 4. The quantitative estimate of drug-likeness (QED) is 0.333. The van der Waals surface area contributed by atoms with Crippen LogP contribution in [-0.2, 0) is 12.8 Å². The zero-order valence-electron chi connectivity index (χ0n) is 16.3. The number of rotatable bonds is 7. The van der Waals surface area contributed by atoms with Gasteiger partial charge in [0.1, 0.15) is 11.6 Å². The zero-order chi connectivity index (χ0) is 20.1. The third kappa shape index (κ3) is 4.37. The normalized spacial score (nSPS) is 12.0. The molecule has 3 aromatic heterocycles. The Morgan fingerprint density at radius 2 is 2.10 bits per heavy atom. The first-order valence-corrected chi connectivity index (χ1v) is 9.81. The van der Waals surface area contributed by atoms with Crippen LogP contribution in [-0.4, -0.2) is 45.2 Å². The number of nitrogens with zero attached hydrogens (tertiary/aromatic N) is 4. The number of guanidine groups is 1. The number of H-pyrrole nitrogens is 1.